The fraction of sp³-hybridized carbons (Fsp3) is 0.556. The number of piperazine rings is 1. The maximum absolute atomic E-state index is 17.1. The fourth-order valence-corrected chi connectivity index (χ4v) is 9.34. The molecule has 7 rings (SSSR count). The summed E-state index contributed by atoms with van der Waals surface area (Å²) in [7, 11) is 0. The molecule has 2 aromatic heterocycles. The first kappa shape index (κ1) is 50.8. The zero-order valence-electron chi connectivity index (χ0n) is 36.7. The summed E-state index contributed by atoms with van der Waals surface area (Å²) in [5.41, 5.74) is -0.742. The number of fused-ring (bicyclic) bond motifs is 4. The van der Waals surface area contributed by atoms with Crippen LogP contribution in [-0.2, 0) is 46.2 Å². The topological polar surface area (TPSA) is 168 Å². The number of hydrogen-bond acceptors (Lipinski definition) is 13. The summed E-state index contributed by atoms with van der Waals surface area (Å²) in [5.74, 6) is -1.72. The van der Waals surface area contributed by atoms with E-state index >= 15 is 4.39 Å². The van der Waals surface area contributed by atoms with Crippen LogP contribution in [0.1, 0.15) is 92.1 Å². The van der Waals surface area contributed by atoms with Gasteiger partial charge in [-0.1, -0.05) is 40.6 Å². The first-order valence-electron chi connectivity index (χ1n) is 21.1. The molecule has 1 radical (unpaired) electrons. The van der Waals surface area contributed by atoms with Gasteiger partial charge in [-0.3, -0.25) is 31.2 Å². The molecule has 19 heteroatoms. The van der Waals surface area contributed by atoms with Gasteiger partial charge < -0.3 is 33.7 Å². The number of carboxylic acids is 1. The number of halogens is 3. The first-order valence-corrected chi connectivity index (χ1v) is 22.3. The van der Waals surface area contributed by atoms with E-state index in [0.717, 1.165) is 56.5 Å². The van der Waals surface area contributed by atoms with Crippen LogP contribution in [0.15, 0.2) is 18.2 Å². The molecule has 351 valence electrons. The molecule has 3 atom stereocenters. The Morgan fingerprint density at radius 3 is 2.39 bits per heavy atom. The number of thiophene rings is 1. The maximum atomic E-state index is 17.1. The third-order valence-corrected chi connectivity index (χ3v) is 12.1. The number of likely N-dealkylation sites (tertiary alicyclic amines) is 1. The minimum absolute atomic E-state index is 0. The molecule has 1 N–H and O–H groups in total. The Bertz CT molecular complexity index is 2340. The molecule has 1 amide bonds. The van der Waals surface area contributed by atoms with Gasteiger partial charge in [0.25, 0.3) is 0 Å². The van der Waals surface area contributed by atoms with Crippen LogP contribution in [-0.4, -0.2) is 119 Å². The van der Waals surface area contributed by atoms with Gasteiger partial charge in [0, 0.05) is 78.6 Å². The van der Waals surface area contributed by atoms with E-state index in [-0.39, 0.29) is 109 Å². The van der Waals surface area contributed by atoms with Gasteiger partial charge in [-0.25, -0.2) is 13.6 Å². The van der Waals surface area contributed by atoms with Crippen molar-refractivity contribution in [1.82, 2.24) is 19.8 Å². The summed E-state index contributed by atoms with van der Waals surface area (Å²) in [5, 5.41) is 22.1. The van der Waals surface area contributed by atoms with Crippen LogP contribution in [0.4, 0.5) is 19.4 Å². The van der Waals surface area contributed by atoms with Crippen molar-refractivity contribution >= 4 is 68.3 Å². The number of rotatable bonds is 14. The van der Waals surface area contributed by atoms with Gasteiger partial charge in [-0.2, -0.15) is 9.97 Å². The first-order chi connectivity index (χ1) is 29.9. The van der Waals surface area contributed by atoms with E-state index in [2.05, 4.69) is 20.0 Å². The number of anilines is 1. The number of aromatic nitrogens is 2. The number of nitriles is 1. The Balaban J connectivity index is 0.000000890. The van der Waals surface area contributed by atoms with Crippen molar-refractivity contribution in [2.24, 2.45) is 0 Å². The number of hydrogen-bond donors (Lipinski definition) is 1. The number of ether oxygens (including phenoxy) is 4. The van der Waals surface area contributed by atoms with Gasteiger partial charge >= 0.3 is 18.1 Å². The normalized spacial score (nSPS) is 18.6. The Hall–Kier alpha value is -4.15. The summed E-state index contributed by atoms with van der Waals surface area (Å²) < 4.78 is 54.3. The summed E-state index contributed by atoms with van der Waals surface area (Å²) in [6.07, 6.45) is 4.39. The monoisotopic (exact) mass is 1110 g/mol. The van der Waals surface area contributed by atoms with Gasteiger partial charge in [0.05, 0.1) is 28.5 Å². The van der Waals surface area contributed by atoms with Crippen molar-refractivity contribution in [2.75, 3.05) is 50.9 Å². The number of nitrogens with zero attached hydrogens (tertiary/aromatic N) is 6. The van der Waals surface area contributed by atoms with Crippen LogP contribution >= 0.6 is 22.9 Å². The van der Waals surface area contributed by atoms with E-state index in [9.17, 15) is 24.0 Å². The van der Waals surface area contributed by atoms with Crippen LogP contribution in [0.3, 0.4) is 0 Å². The standard InChI is InChI=1S/C40H44ClF2N6O6S.C5H9O2.Au/c1-40(2,3)55-39(52)49-24-9-10-25(49)20-48(19-24)37-28-17-29(41)33(27-11-12-30(42)36-32(27)23(18-44)22-56-36)34(43)35(28)45-38(46-37)54-21-26-7-4-13-47(26)14-6-16-53-15-5-8-31(50)51;1-5(2,3)7-4-6;/h11-12,17,24-26H,4-10,13-16,19-21H2,1-3H3,(H,50,51);1-3H3;/q2*-1;/t24?,25?,26-;;/m0../s1. The third kappa shape index (κ3) is 12.4. The quantitative estimate of drug-likeness (QED) is 0.0725. The second-order valence-electron chi connectivity index (χ2n) is 17.8. The minimum atomic E-state index is -0.837. The number of carbonyl (C=O) groups is 2. The van der Waals surface area contributed by atoms with Gasteiger partial charge in [-0.05, 0) is 110 Å². The average molecular weight is 1110 g/mol. The molecule has 5 heterocycles. The van der Waals surface area contributed by atoms with Gasteiger partial charge in [0.15, 0.2) is 5.82 Å². The number of aliphatic carboxylic acids is 1. The second-order valence-corrected chi connectivity index (χ2v) is 19.1. The predicted octanol–water partition coefficient (Wildman–Crippen LogP) is 8.68. The van der Waals surface area contributed by atoms with Gasteiger partial charge in [-0.15, -0.1) is 5.39 Å². The van der Waals surface area contributed by atoms with Crippen LogP contribution in [0, 0.1) is 28.3 Å². The Labute approximate surface area is 396 Å². The molecular weight excluding hydrogens is 1060 g/mol. The molecule has 2 aromatic carbocycles. The Morgan fingerprint density at radius 1 is 1.06 bits per heavy atom. The smallest absolute Gasteiger partial charge is 0.410 e. The van der Waals surface area contributed by atoms with Gasteiger partial charge in [0.1, 0.15) is 23.5 Å². The summed E-state index contributed by atoms with van der Waals surface area (Å²) in [4.78, 5) is 49.2. The van der Waals surface area contributed by atoms with Gasteiger partial charge in [0.2, 0.25) is 0 Å². The van der Waals surface area contributed by atoms with Crippen molar-refractivity contribution in [3.8, 4) is 23.2 Å². The molecule has 0 saturated carbocycles. The number of carboxylic acid groups (broad SMARTS) is 1. The molecule has 2 unspecified atom stereocenters. The van der Waals surface area contributed by atoms with Crippen molar-refractivity contribution in [1.29, 1.82) is 5.26 Å². The maximum Gasteiger partial charge on any atom is 0.410 e. The molecule has 64 heavy (non-hydrogen) atoms. The summed E-state index contributed by atoms with van der Waals surface area (Å²) in [6, 6.07) is 6.03. The molecule has 3 aliphatic heterocycles. The van der Waals surface area contributed by atoms with Crippen molar-refractivity contribution in [3.63, 3.8) is 0 Å². The molecule has 3 saturated heterocycles. The fourth-order valence-electron chi connectivity index (χ4n) is 8.22. The largest absolute Gasteiger partial charge is 0.649 e. The van der Waals surface area contributed by atoms with E-state index < -0.39 is 23.2 Å². The molecule has 4 aromatic rings. The predicted molar refractivity (Wildman–Crippen MR) is 235 cm³/mol. The zero-order valence-corrected chi connectivity index (χ0v) is 40.4. The molecule has 0 spiro atoms. The van der Waals surface area contributed by atoms with E-state index in [1.54, 1.807) is 26.8 Å². The second kappa shape index (κ2) is 21.9. The molecule has 3 fully saturated rings. The third-order valence-electron chi connectivity index (χ3n) is 10.9. The molecule has 0 aliphatic carbocycles. The van der Waals surface area contributed by atoms with Crippen molar-refractivity contribution < 1.29 is 69.6 Å². The number of amides is 1. The van der Waals surface area contributed by atoms with Crippen LogP contribution in [0.5, 0.6) is 6.01 Å². The molecule has 14 nitrogen and oxygen atoms in total. The Morgan fingerprint density at radius 2 is 1.77 bits per heavy atom. The molecular formula is C45H53AuClF2N6O8S-2. The Kier molecular flexibility index (Phi) is 17.4. The minimum Gasteiger partial charge on any atom is -0.649 e. The molecule has 2 bridgehead atoms. The van der Waals surface area contributed by atoms with Crippen LogP contribution in [0.2, 0.25) is 5.02 Å². The van der Waals surface area contributed by atoms with E-state index in [1.807, 2.05) is 36.6 Å². The molecule has 3 aliphatic rings. The van der Waals surface area contributed by atoms with E-state index in [0.29, 0.717) is 43.9 Å². The number of benzene rings is 2. The average Bonchev–Trinajstić information content (AvgIpc) is 3.92. The van der Waals surface area contributed by atoms with E-state index in [4.69, 9.17) is 35.9 Å². The van der Waals surface area contributed by atoms with Crippen LogP contribution in [0.25, 0.3) is 32.1 Å². The zero-order chi connectivity index (χ0) is 45.6. The number of carbonyl (C=O) groups excluding carboxylic acids is 2. The van der Waals surface area contributed by atoms with E-state index in [1.165, 1.54) is 18.6 Å². The van der Waals surface area contributed by atoms with Crippen molar-refractivity contribution in [2.45, 2.75) is 116 Å². The SMILES string of the molecule is CC(C)(C)OC(=O)N1C2CCC1CN(c1nc(OC[C@@H]3CCCN3CCCOCCCC(=O)O)nc3c(F)c(-c4ccc(F)c5s[c-]c(C#N)c45)c(Cl)cc13)C2.CC(C)(C)O[C-]=O.[Au]. The van der Waals surface area contributed by atoms with Crippen molar-refractivity contribution in [3.05, 3.63) is 45.8 Å². The summed E-state index contributed by atoms with van der Waals surface area (Å²) in [6.45, 7) is 15.9. The van der Waals surface area contributed by atoms with Crippen LogP contribution < -0.4 is 9.64 Å². The summed E-state index contributed by atoms with van der Waals surface area (Å²) >= 11 is 7.85.